The first-order valence-corrected chi connectivity index (χ1v) is 13.1. The van der Waals surface area contributed by atoms with Gasteiger partial charge >= 0.3 is 0 Å². The highest BCUT2D eigenvalue weighted by atomic mass is 32.2. The van der Waals surface area contributed by atoms with E-state index in [0.29, 0.717) is 5.69 Å². The third-order valence-corrected chi connectivity index (χ3v) is 7.64. The van der Waals surface area contributed by atoms with Crippen molar-refractivity contribution in [3.63, 3.8) is 0 Å². The molecule has 3 aromatic rings. The molecule has 0 radical (unpaired) electrons. The lowest BCUT2D eigenvalue weighted by molar-refractivity contribution is -0.114. The number of amides is 1. The fraction of sp³-hybridized carbons (Fsp3) is 0.136. The van der Waals surface area contributed by atoms with Gasteiger partial charge in [-0.3, -0.25) is 9.10 Å². The van der Waals surface area contributed by atoms with Crippen LogP contribution >= 0.6 is 23.5 Å². The third-order valence-electron chi connectivity index (χ3n) is 4.38. The van der Waals surface area contributed by atoms with Crippen molar-refractivity contribution >= 4 is 50.8 Å². The zero-order valence-electron chi connectivity index (χ0n) is 16.9. The van der Waals surface area contributed by atoms with E-state index < -0.39 is 28.3 Å². The average molecular weight is 477 g/mol. The number of hydrogen-bond acceptors (Lipinski definition) is 5. The van der Waals surface area contributed by atoms with E-state index in [1.54, 1.807) is 30.3 Å². The van der Waals surface area contributed by atoms with Crippen molar-refractivity contribution in [1.29, 1.82) is 0 Å². The van der Waals surface area contributed by atoms with E-state index in [-0.39, 0.29) is 10.6 Å². The molecule has 162 valence electrons. The molecular weight excluding hydrogens is 455 g/mol. The smallest absolute Gasteiger partial charge is 0.264 e. The summed E-state index contributed by atoms with van der Waals surface area (Å²) < 4.78 is 41.5. The Balaban J connectivity index is 1.93. The van der Waals surface area contributed by atoms with Gasteiger partial charge in [0, 0.05) is 15.5 Å². The van der Waals surface area contributed by atoms with Crippen LogP contribution in [0.1, 0.15) is 0 Å². The molecule has 0 saturated heterocycles. The Morgan fingerprint density at radius 2 is 1.61 bits per heavy atom. The largest absolute Gasteiger partial charge is 0.324 e. The van der Waals surface area contributed by atoms with E-state index in [1.165, 1.54) is 53.9 Å². The minimum atomic E-state index is -4.10. The summed E-state index contributed by atoms with van der Waals surface area (Å²) in [5.41, 5.74) is 0.625. The standard InChI is InChI=1S/C22H21FN2O3S3/c1-29-19-9-11-21(12-10-19)31(27,28)25(18-7-3-5-16(23)13-18)15-22(26)24-17-6-4-8-20(14-17)30-2/h3-14H,15H2,1-2H3,(H,24,26). The summed E-state index contributed by atoms with van der Waals surface area (Å²) in [6, 6.07) is 18.7. The fourth-order valence-electron chi connectivity index (χ4n) is 2.85. The Bertz CT molecular complexity index is 1170. The zero-order valence-corrected chi connectivity index (χ0v) is 19.4. The van der Waals surface area contributed by atoms with Crippen molar-refractivity contribution in [1.82, 2.24) is 0 Å². The molecule has 1 N–H and O–H groups in total. The van der Waals surface area contributed by atoms with E-state index in [2.05, 4.69) is 5.32 Å². The van der Waals surface area contributed by atoms with Crippen LogP contribution in [0.3, 0.4) is 0 Å². The molecule has 5 nitrogen and oxygen atoms in total. The minimum Gasteiger partial charge on any atom is -0.324 e. The summed E-state index contributed by atoms with van der Waals surface area (Å²) in [7, 11) is -4.10. The predicted octanol–water partition coefficient (Wildman–Crippen LogP) is 5.10. The lowest BCUT2D eigenvalue weighted by atomic mass is 10.3. The Morgan fingerprint density at radius 1 is 0.935 bits per heavy atom. The number of benzene rings is 3. The number of carbonyl (C=O) groups is 1. The fourth-order valence-corrected chi connectivity index (χ4v) is 5.13. The summed E-state index contributed by atoms with van der Waals surface area (Å²) in [5, 5.41) is 2.72. The van der Waals surface area contributed by atoms with Gasteiger partial charge in [-0.1, -0.05) is 12.1 Å². The van der Waals surface area contributed by atoms with Gasteiger partial charge in [0.2, 0.25) is 5.91 Å². The number of thioether (sulfide) groups is 2. The monoisotopic (exact) mass is 476 g/mol. The van der Waals surface area contributed by atoms with Gasteiger partial charge in [0.05, 0.1) is 10.6 Å². The normalized spacial score (nSPS) is 11.2. The Labute approximate surface area is 190 Å². The van der Waals surface area contributed by atoms with Gasteiger partial charge in [0.1, 0.15) is 12.4 Å². The Morgan fingerprint density at radius 3 is 2.26 bits per heavy atom. The molecule has 0 spiro atoms. The van der Waals surface area contributed by atoms with E-state index in [9.17, 15) is 17.6 Å². The number of rotatable bonds is 8. The quantitative estimate of drug-likeness (QED) is 0.458. The van der Waals surface area contributed by atoms with Crippen LogP contribution in [0.4, 0.5) is 15.8 Å². The van der Waals surface area contributed by atoms with Crippen LogP contribution in [-0.2, 0) is 14.8 Å². The van der Waals surface area contributed by atoms with E-state index >= 15 is 0 Å². The highest BCUT2D eigenvalue weighted by Crippen LogP contribution is 2.26. The molecule has 0 aromatic heterocycles. The van der Waals surface area contributed by atoms with Crippen LogP contribution in [0.5, 0.6) is 0 Å². The van der Waals surface area contributed by atoms with Crippen LogP contribution in [0.15, 0.2) is 87.5 Å². The minimum absolute atomic E-state index is 0.0201. The van der Waals surface area contributed by atoms with Crippen molar-refractivity contribution in [3.8, 4) is 0 Å². The highest BCUT2D eigenvalue weighted by Gasteiger charge is 2.27. The average Bonchev–Trinajstić information content (AvgIpc) is 2.77. The van der Waals surface area contributed by atoms with Gasteiger partial charge in [0.25, 0.3) is 10.0 Å². The molecule has 0 atom stereocenters. The number of nitrogens with one attached hydrogen (secondary N) is 1. The van der Waals surface area contributed by atoms with E-state index in [4.69, 9.17) is 0 Å². The molecule has 0 aliphatic rings. The molecule has 0 saturated carbocycles. The molecule has 0 unspecified atom stereocenters. The summed E-state index contributed by atoms with van der Waals surface area (Å²) in [6.45, 7) is -0.500. The summed E-state index contributed by atoms with van der Waals surface area (Å²) in [5.74, 6) is -1.13. The first-order valence-electron chi connectivity index (χ1n) is 9.20. The first kappa shape index (κ1) is 23.2. The molecule has 3 rings (SSSR count). The molecule has 0 aliphatic heterocycles. The third kappa shape index (κ3) is 5.81. The number of halogens is 1. The van der Waals surface area contributed by atoms with Gasteiger partial charge in [-0.05, 0) is 73.2 Å². The second-order valence-electron chi connectivity index (χ2n) is 6.45. The van der Waals surface area contributed by atoms with Crippen molar-refractivity contribution in [2.75, 3.05) is 28.7 Å². The first-order chi connectivity index (χ1) is 14.8. The second kappa shape index (κ2) is 10.2. The highest BCUT2D eigenvalue weighted by molar-refractivity contribution is 7.98. The maximum absolute atomic E-state index is 13.9. The maximum Gasteiger partial charge on any atom is 0.264 e. The second-order valence-corrected chi connectivity index (χ2v) is 10.1. The molecule has 0 fully saturated rings. The molecule has 0 heterocycles. The molecule has 9 heteroatoms. The number of hydrogen-bond donors (Lipinski definition) is 1. The summed E-state index contributed by atoms with van der Waals surface area (Å²) in [4.78, 5) is 14.6. The zero-order chi connectivity index (χ0) is 22.4. The van der Waals surface area contributed by atoms with Crippen LogP contribution < -0.4 is 9.62 Å². The molecular formula is C22H21FN2O3S3. The van der Waals surface area contributed by atoms with Crippen molar-refractivity contribution < 1.29 is 17.6 Å². The van der Waals surface area contributed by atoms with Crippen molar-refractivity contribution in [2.45, 2.75) is 14.7 Å². The van der Waals surface area contributed by atoms with Gasteiger partial charge in [-0.2, -0.15) is 0 Å². The van der Waals surface area contributed by atoms with Gasteiger partial charge in [0.15, 0.2) is 0 Å². The maximum atomic E-state index is 13.9. The Kier molecular flexibility index (Phi) is 7.64. The molecule has 31 heavy (non-hydrogen) atoms. The van der Waals surface area contributed by atoms with Crippen LogP contribution in [0.25, 0.3) is 0 Å². The molecule has 3 aromatic carbocycles. The predicted molar refractivity (Wildman–Crippen MR) is 126 cm³/mol. The van der Waals surface area contributed by atoms with Gasteiger partial charge < -0.3 is 5.32 Å². The molecule has 0 bridgehead atoms. The Hall–Kier alpha value is -2.49. The number of nitrogens with zero attached hydrogens (tertiary/aromatic N) is 1. The van der Waals surface area contributed by atoms with Crippen LogP contribution in [0.2, 0.25) is 0 Å². The summed E-state index contributed by atoms with van der Waals surface area (Å²) in [6.07, 6.45) is 3.81. The topological polar surface area (TPSA) is 66.5 Å². The van der Waals surface area contributed by atoms with Gasteiger partial charge in [-0.25, -0.2) is 12.8 Å². The van der Waals surface area contributed by atoms with E-state index in [1.807, 2.05) is 18.6 Å². The lowest BCUT2D eigenvalue weighted by Crippen LogP contribution is -2.38. The van der Waals surface area contributed by atoms with Crippen LogP contribution in [-0.4, -0.2) is 33.4 Å². The number of anilines is 2. The SMILES string of the molecule is CSc1ccc(S(=O)(=O)N(CC(=O)Nc2cccc(SC)c2)c2cccc(F)c2)cc1. The molecule has 1 amide bonds. The van der Waals surface area contributed by atoms with Crippen molar-refractivity contribution in [2.24, 2.45) is 0 Å². The van der Waals surface area contributed by atoms with E-state index in [0.717, 1.165) is 20.2 Å². The van der Waals surface area contributed by atoms with Gasteiger partial charge in [-0.15, -0.1) is 23.5 Å². The number of carbonyl (C=O) groups excluding carboxylic acids is 1. The van der Waals surface area contributed by atoms with Crippen LogP contribution in [0, 0.1) is 5.82 Å². The molecule has 0 aliphatic carbocycles. The summed E-state index contributed by atoms with van der Waals surface area (Å²) >= 11 is 3.01. The number of sulfonamides is 1. The van der Waals surface area contributed by atoms with Crippen molar-refractivity contribution in [3.05, 3.63) is 78.6 Å². The lowest BCUT2D eigenvalue weighted by Gasteiger charge is -2.24.